The van der Waals surface area contributed by atoms with Crippen LogP contribution in [0.4, 0.5) is 24.5 Å². The molecule has 0 atom stereocenters. The summed E-state index contributed by atoms with van der Waals surface area (Å²) >= 11 is 0. The number of amides is 1. The number of carboxylic acid groups (broad SMARTS) is 1. The van der Waals surface area contributed by atoms with Crippen LogP contribution in [-0.2, 0) is 11.2 Å². The number of hydrogen-bond acceptors (Lipinski definition) is 4. The molecule has 0 aliphatic carbocycles. The third-order valence-electron chi connectivity index (χ3n) is 4.01. The number of fused-ring (bicyclic) bond motifs is 3. The van der Waals surface area contributed by atoms with E-state index in [0.717, 1.165) is 12.1 Å². The molecule has 1 heterocycles. The number of anilines is 1. The highest BCUT2D eigenvalue weighted by atomic mass is 19.4. The van der Waals surface area contributed by atoms with Crippen molar-refractivity contribution in [1.82, 2.24) is 0 Å². The molecule has 1 aliphatic heterocycles. The van der Waals surface area contributed by atoms with Gasteiger partial charge in [-0.25, -0.2) is 4.79 Å². The minimum absolute atomic E-state index is 0.00459. The quantitative estimate of drug-likeness (QED) is 0.660. The van der Waals surface area contributed by atoms with E-state index in [1.54, 1.807) is 0 Å². The van der Waals surface area contributed by atoms with Gasteiger partial charge in [0, 0.05) is 12.6 Å². The van der Waals surface area contributed by atoms with Crippen molar-refractivity contribution in [3.63, 3.8) is 0 Å². The van der Waals surface area contributed by atoms with E-state index in [0.29, 0.717) is 10.5 Å². The standard InChI is InChI=1S/C15H9F3N2O5/c16-15(17,18)14(23)19-4-3-9-8-2-1-7(13(21)22)5-10(8)12(20(24)25)6-11(9)19/h1-2,5-6H,3-4H2,(H,21,22). The van der Waals surface area contributed by atoms with Gasteiger partial charge in [-0.1, -0.05) is 6.07 Å². The summed E-state index contributed by atoms with van der Waals surface area (Å²) in [6, 6.07) is 4.51. The Labute approximate surface area is 137 Å². The van der Waals surface area contributed by atoms with Gasteiger partial charge in [0.05, 0.1) is 21.6 Å². The van der Waals surface area contributed by atoms with Gasteiger partial charge >= 0.3 is 18.1 Å². The molecule has 0 fully saturated rings. The Kier molecular flexibility index (Phi) is 3.62. The first-order valence-electron chi connectivity index (χ1n) is 6.97. The average molecular weight is 354 g/mol. The predicted molar refractivity (Wildman–Crippen MR) is 79.7 cm³/mol. The van der Waals surface area contributed by atoms with Crippen molar-refractivity contribution in [3.05, 3.63) is 45.5 Å². The zero-order valence-corrected chi connectivity index (χ0v) is 12.3. The maximum Gasteiger partial charge on any atom is 0.471 e. The monoisotopic (exact) mass is 354 g/mol. The lowest BCUT2D eigenvalue weighted by Gasteiger charge is -2.19. The van der Waals surface area contributed by atoms with E-state index < -0.39 is 28.7 Å². The van der Waals surface area contributed by atoms with Crippen molar-refractivity contribution in [1.29, 1.82) is 0 Å². The largest absolute Gasteiger partial charge is 0.478 e. The number of carbonyl (C=O) groups is 2. The first-order chi connectivity index (χ1) is 11.6. The molecule has 0 bridgehead atoms. The Hall–Kier alpha value is -3.17. The second kappa shape index (κ2) is 5.43. The highest BCUT2D eigenvalue weighted by molar-refractivity contribution is 6.07. The molecule has 10 heteroatoms. The first kappa shape index (κ1) is 16.7. The maximum absolute atomic E-state index is 12.7. The summed E-state index contributed by atoms with van der Waals surface area (Å²) in [5, 5.41) is 20.6. The summed E-state index contributed by atoms with van der Waals surface area (Å²) in [7, 11) is 0. The van der Waals surface area contributed by atoms with E-state index in [1.807, 2.05) is 0 Å². The smallest absolute Gasteiger partial charge is 0.471 e. The van der Waals surface area contributed by atoms with Crippen LogP contribution in [-0.4, -0.2) is 34.6 Å². The lowest BCUT2D eigenvalue weighted by atomic mass is 9.98. The van der Waals surface area contributed by atoms with E-state index in [4.69, 9.17) is 5.11 Å². The Morgan fingerprint density at radius 1 is 1.20 bits per heavy atom. The third-order valence-corrected chi connectivity index (χ3v) is 4.01. The van der Waals surface area contributed by atoms with Gasteiger partial charge in [-0.3, -0.25) is 14.9 Å². The van der Waals surface area contributed by atoms with Crippen LogP contribution >= 0.6 is 0 Å². The lowest BCUT2D eigenvalue weighted by molar-refractivity contribution is -0.383. The van der Waals surface area contributed by atoms with Crippen LogP contribution in [0.25, 0.3) is 10.8 Å². The number of carboxylic acids is 1. The summed E-state index contributed by atoms with van der Waals surface area (Å²) in [6.07, 6.45) is -5.02. The van der Waals surface area contributed by atoms with E-state index in [9.17, 15) is 32.9 Å². The molecular weight excluding hydrogens is 345 g/mol. The fourth-order valence-corrected chi connectivity index (χ4v) is 2.95. The molecule has 7 nitrogen and oxygen atoms in total. The van der Waals surface area contributed by atoms with Crippen molar-refractivity contribution >= 4 is 34.0 Å². The molecule has 2 aromatic rings. The molecule has 1 aliphatic rings. The third kappa shape index (κ3) is 2.65. The average Bonchev–Trinajstić information content (AvgIpc) is 2.95. The number of nitrogens with zero attached hydrogens (tertiary/aromatic N) is 2. The van der Waals surface area contributed by atoms with Gasteiger partial charge in [0.15, 0.2) is 0 Å². The molecular formula is C15H9F3N2O5. The minimum Gasteiger partial charge on any atom is -0.478 e. The first-order valence-corrected chi connectivity index (χ1v) is 6.97. The van der Waals surface area contributed by atoms with Crippen LogP contribution in [0.3, 0.4) is 0 Å². The molecule has 0 saturated carbocycles. The SMILES string of the molecule is O=C(O)c1ccc2c3c(cc([N+](=O)[O-])c2c1)N(C(=O)C(F)(F)F)CC3. The maximum atomic E-state index is 12.7. The Balaban J connectivity index is 2.27. The van der Waals surface area contributed by atoms with Gasteiger partial charge < -0.3 is 10.0 Å². The number of rotatable bonds is 2. The summed E-state index contributed by atoms with van der Waals surface area (Å²) in [5.74, 6) is -3.38. The molecule has 0 aromatic heterocycles. The summed E-state index contributed by atoms with van der Waals surface area (Å²) in [4.78, 5) is 33.6. The fourth-order valence-electron chi connectivity index (χ4n) is 2.95. The van der Waals surface area contributed by atoms with Gasteiger partial charge in [-0.2, -0.15) is 13.2 Å². The van der Waals surface area contributed by atoms with Gasteiger partial charge in [0.1, 0.15) is 0 Å². The van der Waals surface area contributed by atoms with Crippen molar-refractivity contribution < 1.29 is 32.8 Å². The van der Waals surface area contributed by atoms with Crippen LogP contribution < -0.4 is 4.90 Å². The van der Waals surface area contributed by atoms with Crippen molar-refractivity contribution in [2.45, 2.75) is 12.6 Å². The highest BCUT2D eigenvalue weighted by Gasteiger charge is 2.45. The lowest BCUT2D eigenvalue weighted by Crippen LogP contribution is -2.40. The molecule has 0 radical (unpaired) electrons. The fraction of sp³-hybridized carbons (Fsp3) is 0.200. The molecule has 3 rings (SSSR count). The van der Waals surface area contributed by atoms with Crippen molar-refractivity contribution in [2.75, 3.05) is 11.4 Å². The summed E-state index contributed by atoms with van der Waals surface area (Å²) in [6.45, 7) is -0.259. The van der Waals surface area contributed by atoms with Gasteiger partial charge in [0.25, 0.3) is 5.69 Å². The molecule has 2 aromatic carbocycles. The van der Waals surface area contributed by atoms with Crippen molar-refractivity contribution in [3.8, 4) is 0 Å². The molecule has 0 spiro atoms. The van der Waals surface area contributed by atoms with E-state index in [2.05, 4.69) is 0 Å². The predicted octanol–water partition coefficient (Wildman–Crippen LogP) is 2.90. The summed E-state index contributed by atoms with van der Waals surface area (Å²) in [5.41, 5.74) is -0.574. The zero-order chi connectivity index (χ0) is 18.5. The Morgan fingerprint density at radius 3 is 2.44 bits per heavy atom. The minimum atomic E-state index is -5.10. The van der Waals surface area contributed by atoms with Gasteiger partial charge in [0.2, 0.25) is 0 Å². The normalized spacial score (nSPS) is 13.8. The van der Waals surface area contributed by atoms with Crippen LogP contribution in [0.1, 0.15) is 15.9 Å². The number of aromatic carboxylic acids is 1. The molecule has 1 N–H and O–H groups in total. The molecule has 25 heavy (non-hydrogen) atoms. The number of hydrogen-bond donors (Lipinski definition) is 1. The van der Waals surface area contributed by atoms with Crippen LogP contribution in [0.5, 0.6) is 0 Å². The van der Waals surface area contributed by atoms with E-state index >= 15 is 0 Å². The zero-order valence-electron chi connectivity index (χ0n) is 12.3. The second-order valence-electron chi connectivity index (χ2n) is 5.42. The van der Waals surface area contributed by atoms with Crippen LogP contribution in [0, 0.1) is 10.1 Å². The second-order valence-corrected chi connectivity index (χ2v) is 5.42. The van der Waals surface area contributed by atoms with Crippen molar-refractivity contribution in [2.24, 2.45) is 0 Å². The highest BCUT2D eigenvalue weighted by Crippen LogP contribution is 2.41. The number of nitro groups is 1. The van der Waals surface area contributed by atoms with E-state index in [-0.39, 0.29) is 35.0 Å². The molecule has 0 saturated heterocycles. The topological polar surface area (TPSA) is 101 Å². The van der Waals surface area contributed by atoms with Crippen LogP contribution in [0.15, 0.2) is 24.3 Å². The summed E-state index contributed by atoms with van der Waals surface area (Å²) < 4.78 is 38.2. The van der Waals surface area contributed by atoms with Crippen LogP contribution in [0.2, 0.25) is 0 Å². The molecule has 1 amide bonds. The van der Waals surface area contributed by atoms with E-state index in [1.165, 1.54) is 12.1 Å². The molecule has 130 valence electrons. The number of non-ortho nitro benzene ring substituents is 1. The number of carbonyl (C=O) groups excluding carboxylic acids is 1. The molecule has 0 unspecified atom stereocenters. The number of alkyl halides is 3. The number of halogens is 3. The Bertz CT molecular complexity index is 939. The van der Waals surface area contributed by atoms with Gasteiger partial charge in [-0.15, -0.1) is 0 Å². The number of benzene rings is 2. The number of nitro benzene ring substituents is 1. The Morgan fingerprint density at radius 2 is 1.88 bits per heavy atom. The van der Waals surface area contributed by atoms with Gasteiger partial charge in [-0.05, 0) is 29.5 Å².